The minimum atomic E-state index is -0.408. The summed E-state index contributed by atoms with van der Waals surface area (Å²) in [5.74, 6) is 0.260. The molecule has 0 aromatic carbocycles. The molecule has 2 aromatic rings. The van der Waals surface area contributed by atoms with Gasteiger partial charge in [-0.05, 0) is 24.6 Å². The van der Waals surface area contributed by atoms with Crippen molar-refractivity contribution in [1.29, 1.82) is 0 Å². The molecule has 0 radical (unpaired) electrons. The van der Waals surface area contributed by atoms with Crippen LogP contribution in [-0.4, -0.2) is 51.4 Å². The first kappa shape index (κ1) is 17.9. The van der Waals surface area contributed by atoms with Crippen molar-refractivity contribution in [2.24, 2.45) is 0 Å². The van der Waals surface area contributed by atoms with Crippen molar-refractivity contribution in [3.05, 3.63) is 53.4 Å². The van der Waals surface area contributed by atoms with E-state index in [2.05, 4.69) is 20.3 Å². The summed E-state index contributed by atoms with van der Waals surface area (Å²) in [5, 5.41) is 2.70. The molecule has 0 saturated carbocycles. The second kappa shape index (κ2) is 8.01. The fourth-order valence-corrected chi connectivity index (χ4v) is 2.73. The van der Waals surface area contributed by atoms with Gasteiger partial charge in [0, 0.05) is 25.9 Å². The van der Waals surface area contributed by atoms with Crippen LogP contribution in [0.2, 0.25) is 0 Å². The maximum Gasteiger partial charge on any atom is 0.272 e. The summed E-state index contributed by atoms with van der Waals surface area (Å²) in [4.78, 5) is 38.5. The lowest BCUT2D eigenvalue weighted by Crippen LogP contribution is -2.43. The fourth-order valence-electron chi connectivity index (χ4n) is 2.73. The molecule has 1 atom stereocenters. The summed E-state index contributed by atoms with van der Waals surface area (Å²) < 4.78 is 5.76. The Hall–Kier alpha value is -2.87. The van der Waals surface area contributed by atoms with Gasteiger partial charge in [-0.25, -0.2) is 9.97 Å². The van der Waals surface area contributed by atoms with Crippen molar-refractivity contribution in [2.45, 2.75) is 26.5 Å². The van der Waals surface area contributed by atoms with Gasteiger partial charge < -0.3 is 15.0 Å². The average molecular weight is 355 g/mol. The third-order valence-electron chi connectivity index (χ3n) is 4.10. The molecule has 0 aliphatic carbocycles. The highest BCUT2D eigenvalue weighted by Gasteiger charge is 2.29. The number of hydrogen-bond donors (Lipinski definition) is 1. The van der Waals surface area contributed by atoms with Gasteiger partial charge in [0.1, 0.15) is 11.8 Å². The Bertz CT molecular complexity index is 811. The van der Waals surface area contributed by atoms with Crippen LogP contribution in [0.25, 0.3) is 0 Å². The predicted molar refractivity (Wildman–Crippen MR) is 93.1 cm³/mol. The number of rotatable bonds is 4. The molecule has 26 heavy (non-hydrogen) atoms. The molecule has 0 spiro atoms. The highest BCUT2D eigenvalue weighted by molar-refractivity contribution is 5.93. The van der Waals surface area contributed by atoms with Crippen molar-refractivity contribution in [3.8, 4) is 0 Å². The van der Waals surface area contributed by atoms with E-state index in [1.165, 1.54) is 6.92 Å². The lowest BCUT2D eigenvalue weighted by atomic mass is 10.1. The molecule has 0 unspecified atom stereocenters. The van der Waals surface area contributed by atoms with Gasteiger partial charge in [0.15, 0.2) is 5.82 Å². The highest BCUT2D eigenvalue weighted by atomic mass is 16.5. The molecule has 1 aliphatic rings. The minimum absolute atomic E-state index is 0.120. The third kappa shape index (κ3) is 4.20. The molecule has 8 nitrogen and oxygen atoms in total. The summed E-state index contributed by atoms with van der Waals surface area (Å²) in [7, 11) is 0. The normalized spacial score (nSPS) is 17.0. The summed E-state index contributed by atoms with van der Waals surface area (Å²) in [6.07, 6.45) is 2.84. The smallest absolute Gasteiger partial charge is 0.272 e. The first-order valence-electron chi connectivity index (χ1n) is 8.43. The number of pyridine rings is 1. The van der Waals surface area contributed by atoms with Crippen molar-refractivity contribution in [1.82, 2.24) is 25.2 Å². The zero-order valence-electron chi connectivity index (χ0n) is 14.8. The van der Waals surface area contributed by atoms with E-state index in [4.69, 9.17) is 4.74 Å². The summed E-state index contributed by atoms with van der Waals surface area (Å²) in [6.45, 7) is 4.91. The van der Waals surface area contributed by atoms with Gasteiger partial charge in [-0.2, -0.15) is 0 Å². The number of nitrogens with one attached hydrogen (secondary N) is 1. The van der Waals surface area contributed by atoms with Gasteiger partial charge in [0.05, 0.1) is 25.4 Å². The number of carbonyl (C=O) groups excluding carboxylic acids is 2. The zero-order chi connectivity index (χ0) is 18.5. The Balaban J connectivity index is 1.72. The van der Waals surface area contributed by atoms with E-state index in [0.717, 1.165) is 5.56 Å². The van der Waals surface area contributed by atoms with E-state index in [-0.39, 0.29) is 11.8 Å². The Labute approximate surface area is 151 Å². The van der Waals surface area contributed by atoms with Crippen LogP contribution in [0.1, 0.15) is 40.6 Å². The summed E-state index contributed by atoms with van der Waals surface area (Å²) in [5.41, 5.74) is 1.99. The second-order valence-corrected chi connectivity index (χ2v) is 6.10. The quantitative estimate of drug-likeness (QED) is 0.880. The van der Waals surface area contributed by atoms with E-state index < -0.39 is 6.10 Å². The molecule has 3 rings (SSSR count). The molecule has 2 aromatic heterocycles. The number of aromatic nitrogens is 3. The second-order valence-electron chi connectivity index (χ2n) is 6.10. The van der Waals surface area contributed by atoms with Crippen molar-refractivity contribution < 1.29 is 14.3 Å². The molecule has 1 saturated heterocycles. The van der Waals surface area contributed by atoms with Crippen LogP contribution in [0.5, 0.6) is 0 Å². The van der Waals surface area contributed by atoms with Gasteiger partial charge in [0.25, 0.3) is 5.91 Å². The minimum Gasteiger partial charge on any atom is -0.367 e. The Morgan fingerprint density at radius 1 is 1.31 bits per heavy atom. The Kier molecular flexibility index (Phi) is 5.52. The number of amides is 2. The largest absolute Gasteiger partial charge is 0.367 e. The first-order valence-corrected chi connectivity index (χ1v) is 8.43. The van der Waals surface area contributed by atoms with Crippen LogP contribution in [0.15, 0.2) is 30.6 Å². The van der Waals surface area contributed by atoms with E-state index in [1.807, 2.05) is 19.1 Å². The molecule has 0 bridgehead atoms. The topological polar surface area (TPSA) is 97.3 Å². The standard InChI is InChI=1S/C18H21N5O3/c1-12-4-3-6-19-16(12)18(25)23-8-9-26-15(11-23)17-20-7-5-14(22-17)10-21-13(2)24/h3-7,15H,8-11H2,1-2H3,(H,21,24)/t15-/m0/s1. The maximum atomic E-state index is 12.8. The van der Waals surface area contributed by atoms with Crippen LogP contribution in [0.4, 0.5) is 0 Å². The number of ether oxygens (including phenoxy) is 1. The predicted octanol–water partition coefficient (Wildman–Crippen LogP) is 1.03. The molecule has 2 amide bonds. The molecule has 8 heteroatoms. The van der Waals surface area contributed by atoms with Gasteiger partial charge in [-0.3, -0.25) is 14.6 Å². The fraction of sp³-hybridized carbons (Fsp3) is 0.389. The summed E-state index contributed by atoms with van der Waals surface area (Å²) >= 11 is 0. The van der Waals surface area contributed by atoms with Gasteiger partial charge >= 0.3 is 0 Å². The number of carbonyl (C=O) groups is 2. The van der Waals surface area contributed by atoms with Gasteiger partial charge in [0.2, 0.25) is 5.91 Å². The van der Waals surface area contributed by atoms with Gasteiger partial charge in [-0.1, -0.05) is 6.07 Å². The molecule has 136 valence electrons. The van der Waals surface area contributed by atoms with E-state index in [9.17, 15) is 9.59 Å². The molecule has 1 N–H and O–H groups in total. The molecule has 1 fully saturated rings. The average Bonchev–Trinajstić information content (AvgIpc) is 2.66. The number of hydrogen-bond acceptors (Lipinski definition) is 6. The van der Waals surface area contributed by atoms with E-state index in [1.54, 1.807) is 23.4 Å². The van der Waals surface area contributed by atoms with Crippen molar-refractivity contribution in [2.75, 3.05) is 19.7 Å². The molecular formula is C18H21N5O3. The van der Waals surface area contributed by atoms with Gasteiger partial charge in [-0.15, -0.1) is 0 Å². The highest BCUT2D eigenvalue weighted by Crippen LogP contribution is 2.21. The Morgan fingerprint density at radius 3 is 2.92 bits per heavy atom. The lowest BCUT2D eigenvalue weighted by molar-refractivity contribution is -0.119. The first-order chi connectivity index (χ1) is 12.5. The summed E-state index contributed by atoms with van der Waals surface area (Å²) in [6, 6.07) is 5.41. The van der Waals surface area contributed by atoms with Crippen LogP contribution in [0, 0.1) is 6.92 Å². The number of nitrogens with zero attached hydrogens (tertiary/aromatic N) is 4. The number of aryl methyl sites for hydroxylation is 1. The van der Waals surface area contributed by atoms with Crippen molar-refractivity contribution >= 4 is 11.8 Å². The maximum absolute atomic E-state index is 12.8. The van der Waals surface area contributed by atoms with Crippen LogP contribution in [-0.2, 0) is 16.1 Å². The third-order valence-corrected chi connectivity index (χ3v) is 4.10. The van der Waals surface area contributed by atoms with Crippen LogP contribution >= 0.6 is 0 Å². The SMILES string of the molecule is CC(=O)NCc1ccnc([C@@H]2CN(C(=O)c3ncccc3C)CCO2)n1. The monoisotopic (exact) mass is 355 g/mol. The van der Waals surface area contributed by atoms with E-state index >= 15 is 0 Å². The van der Waals surface area contributed by atoms with Crippen LogP contribution < -0.4 is 5.32 Å². The van der Waals surface area contributed by atoms with Crippen molar-refractivity contribution in [3.63, 3.8) is 0 Å². The lowest BCUT2D eigenvalue weighted by Gasteiger charge is -2.32. The zero-order valence-corrected chi connectivity index (χ0v) is 14.8. The molecular weight excluding hydrogens is 334 g/mol. The molecule has 3 heterocycles. The van der Waals surface area contributed by atoms with Crippen LogP contribution in [0.3, 0.4) is 0 Å². The Morgan fingerprint density at radius 2 is 2.15 bits per heavy atom. The number of morpholine rings is 1. The van der Waals surface area contributed by atoms with E-state index in [0.29, 0.717) is 43.5 Å². The molecule has 1 aliphatic heterocycles.